The van der Waals surface area contributed by atoms with E-state index in [0.717, 1.165) is 0 Å². The quantitative estimate of drug-likeness (QED) is 0.735. The Morgan fingerprint density at radius 1 is 1.55 bits per heavy atom. The summed E-state index contributed by atoms with van der Waals surface area (Å²) < 4.78 is 5.27. The van der Waals surface area contributed by atoms with E-state index in [9.17, 15) is 14.7 Å². The van der Waals surface area contributed by atoms with Crippen LogP contribution in [0.15, 0.2) is 18.3 Å². The monoisotopic (exact) mass is 279 g/mol. The molecule has 1 aromatic heterocycles. The van der Waals surface area contributed by atoms with Crippen molar-refractivity contribution in [3.8, 4) is 0 Å². The molecule has 7 heteroatoms. The van der Waals surface area contributed by atoms with Gasteiger partial charge in [-0.1, -0.05) is 0 Å². The average Bonchev–Trinajstić information content (AvgIpc) is 2.81. The maximum absolute atomic E-state index is 11.5. The fraction of sp³-hybridized carbons (Fsp3) is 0.462. The maximum atomic E-state index is 11.5. The van der Waals surface area contributed by atoms with Gasteiger partial charge in [-0.15, -0.1) is 0 Å². The third kappa shape index (κ3) is 2.57. The summed E-state index contributed by atoms with van der Waals surface area (Å²) in [4.78, 5) is 26.8. The lowest BCUT2D eigenvalue weighted by Gasteiger charge is -2.26. The van der Waals surface area contributed by atoms with Gasteiger partial charge in [0, 0.05) is 18.9 Å². The summed E-state index contributed by atoms with van der Waals surface area (Å²) in [5, 5.41) is 14.9. The summed E-state index contributed by atoms with van der Waals surface area (Å²) >= 11 is 0. The molecular weight excluding hydrogens is 262 g/mol. The number of ether oxygens (including phenoxy) is 1. The van der Waals surface area contributed by atoms with E-state index in [1.165, 1.54) is 13.2 Å². The standard InChI is InChI=1S/C13H17N3O4/c1-13(12(18)19)7-20-6-10(13)16-8-3-4-15-9(5-8)11(17)14-2/h3-5,10H,6-7H2,1-2H3,(H,14,17)(H,15,16)(H,18,19). The molecule has 3 N–H and O–H groups in total. The van der Waals surface area contributed by atoms with Crippen LogP contribution in [0.2, 0.25) is 0 Å². The van der Waals surface area contributed by atoms with E-state index in [-0.39, 0.29) is 24.2 Å². The number of rotatable bonds is 4. The molecule has 2 unspecified atom stereocenters. The zero-order valence-corrected chi connectivity index (χ0v) is 11.3. The highest BCUT2D eigenvalue weighted by molar-refractivity contribution is 5.92. The highest BCUT2D eigenvalue weighted by Gasteiger charge is 2.46. The topological polar surface area (TPSA) is 101 Å². The molecule has 0 radical (unpaired) electrons. The fourth-order valence-corrected chi connectivity index (χ4v) is 2.06. The highest BCUT2D eigenvalue weighted by Crippen LogP contribution is 2.31. The van der Waals surface area contributed by atoms with Gasteiger partial charge in [0.25, 0.3) is 5.91 Å². The van der Waals surface area contributed by atoms with Crippen molar-refractivity contribution in [2.45, 2.75) is 13.0 Å². The van der Waals surface area contributed by atoms with Crippen molar-refractivity contribution in [1.82, 2.24) is 10.3 Å². The normalized spacial score (nSPS) is 25.2. The molecule has 1 aromatic rings. The first-order valence-electron chi connectivity index (χ1n) is 6.23. The predicted octanol–water partition coefficient (Wildman–Crippen LogP) is 0.343. The second kappa shape index (κ2) is 5.46. The number of hydrogen-bond donors (Lipinski definition) is 3. The summed E-state index contributed by atoms with van der Waals surface area (Å²) in [5.74, 6) is -1.20. The molecule has 2 rings (SSSR count). The van der Waals surface area contributed by atoms with Crippen LogP contribution < -0.4 is 10.6 Å². The van der Waals surface area contributed by atoms with E-state index in [1.807, 2.05) is 0 Å². The van der Waals surface area contributed by atoms with Crippen molar-refractivity contribution in [3.05, 3.63) is 24.0 Å². The second-order valence-corrected chi connectivity index (χ2v) is 4.94. The molecule has 2 atom stereocenters. The number of hydrogen-bond acceptors (Lipinski definition) is 5. The van der Waals surface area contributed by atoms with Crippen molar-refractivity contribution in [2.75, 3.05) is 25.6 Å². The van der Waals surface area contributed by atoms with E-state index >= 15 is 0 Å². The van der Waals surface area contributed by atoms with Gasteiger partial charge in [0.05, 0.1) is 19.3 Å². The number of carboxylic acids is 1. The number of nitrogens with one attached hydrogen (secondary N) is 2. The van der Waals surface area contributed by atoms with Crippen molar-refractivity contribution >= 4 is 17.6 Å². The van der Waals surface area contributed by atoms with Crippen LogP contribution in [0.1, 0.15) is 17.4 Å². The molecule has 1 amide bonds. The van der Waals surface area contributed by atoms with Crippen LogP contribution in [0.25, 0.3) is 0 Å². The first kappa shape index (κ1) is 14.3. The van der Waals surface area contributed by atoms with E-state index < -0.39 is 11.4 Å². The lowest BCUT2D eigenvalue weighted by molar-refractivity contribution is -0.148. The number of pyridine rings is 1. The molecule has 1 aliphatic rings. The zero-order chi connectivity index (χ0) is 14.8. The number of amides is 1. The number of nitrogens with zero attached hydrogens (tertiary/aromatic N) is 1. The van der Waals surface area contributed by atoms with Crippen molar-refractivity contribution in [3.63, 3.8) is 0 Å². The Balaban J connectivity index is 2.18. The summed E-state index contributed by atoms with van der Waals surface area (Å²) in [5.41, 5.74) is -0.0776. The van der Waals surface area contributed by atoms with Crippen molar-refractivity contribution in [2.24, 2.45) is 5.41 Å². The summed E-state index contributed by atoms with van der Waals surface area (Å²) in [6.07, 6.45) is 1.50. The lowest BCUT2D eigenvalue weighted by atomic mass is 9.85. The Kier molecular flexibility index (Phi) is 3.89. The third-order valence-corrected chi connectivity index (χ3v) is 3.50. The minimum Gasteiger partial charge on any atom is -0.481 e. The summed E-state index contributed by atoms with van der Waals surface area (Å²) in [6, 6.07) is 2.91. The van der Waals surface area contributed by atoms with Crippen LogP contribution in [-0.2, 0) is 9.53 Å². The summed E-state index contributed by atoms with van der Waals surface area (Å²) in [7, 11) is 1.52. The molecule has 0 aromatic carbocycles. The molecule has 2 heterocycles. The van der Waals surface area contributed by atoms with E-state index in [4.69, 9.17) is 4.74 Å². The molecular formula is C13H17N3O4. The van der Waals surface area contributed by atoms with E-state index in [1.54, 1.807) is 19.1 Å². The van der Waals surface area contributed by atoms with Gasteiger partial charge >= 0.3 is 5.97 Å². The maximum Gasteiger partial charge on any atom is 0.313 e. The number of carbonyl (C=O) groups is 2. The lowest BCUT2D eigenvalue weighted by Crippen LogP contribution is -2.43. The molecule has 0 aliphatic carbocycles. The largest absolute Gasteiger partial charge is 0.481 e. The molecule has 0 saturated carbocycles. The van der Waals surface area contributed by atoms with Gasteiger partial charge in [-0.25, -0.2) is 0 Å². The molecule has 1 fully saturated rings. The fourth-order valence-electron chi connectivity index (χ4n) is 2.06. The third-order valence-electron chi connectivity index (χ3n) is 3.50. The minimum absolute atomic E-state index is 0.160. The SMILES string of the molecule is CNC(=O)c1cc(NC2COCC2(C)C(=O)O)ccn1. The Bertz CT molecular complexity index is 534. The Morgan fingerprint density at radius 3 is 2.95 bits per heavy atom. The second-order valence-electron chi connectivity index (χ2n) is 4.94. The number of anilines is 1. The van der Waals surface area contributed by atoms with Crippen LogP contribution >= 0.6 is 0 Å². The van der Waals surface area contributed by atoms with Gasteiger partial charge < -0.3 is 20.5 Å². The first-order valence-corrected chi connectivity index (χ1v) is 6.23. The van der Waals surface area contributed by atoms with Gasteiger partial charge in [0.2, 0.25) is 0 Å². The van der Waals surface area contributed by atoms with E-state index in [0.29, 0.717) is 12.3 Å². The molecule has 1 aliphatic heterocycles. The van der Waals surface area contributed by atoms with Gasteiger partial charge in [0.1, 0.15) is 11.1 Å². The van der Waals surface area contributed by atoms with Crippen LogP contribution in [0.4, 0.5) is 5.69 Å². The van der Waals surface area contributed by atoms with Gasteiger partial charge in [-0.2, -0.15) is 0 Å². The average molecular weight is 279 g/mol. The highest BCUT2D eigenvalue weighted by atomic mass is 16.5. The smallest absolute Gasteiger partial charge is 0.313 e. The van der Waals surface area contributed by atoms with Crippen molar-refractivity contribution in [1.29, 1.82) is 0 Å². The predicted molar refractivity (Wildman–Crippen MR) is 71.6 cm³/mol. The Labute approximate surface area is 116 Å². The molecule has 7 nitrogen and oxygen atoms in total. The summed E-state index contributed by atoms with van der Waals surface area (Å²) in [6.45, 7) is 2.11. The van der Waals surface area contributed by atoms with Gasteiger partial charge in [-0.3, -0.25) is 14.6 Å². The molecule has 1 saturated heterocycles. The molecule has 0 spiro atoms. The number of carboxylic acid groups (broad SMARTS) is 1. The number of aliphatic carboxylic acids is 1. The first-order chi connectivity index (χ1) is 9.47. The van der Waals surface area contributed by atoms with Crippen LogP contribution in [0.5, 0.6) is 0 Å². The van der Waals surface area contributed by atoms with Gasteiger partial charge in [-0.05, 0) is 19.1 Å². The van der Waals surface area contributed by atoms with Crippen molar-refractivity contribution < 1.29 is 19.4 Å². The minimum atomic E-state index is -0.990. The van der Waals surface area contributed by atoms with E-state index in [2.05, 4.69) is 15.6 Å². The number of carbonyl (C=O) groups excluding carboxylic acids is 1. The zero-order valence-electron chi connectivity index (χ0n) is 11.3. The Morgan fingerprint density at radius 2 is 2.30 bits per heavy atom. The van der Waals surface area contributed by atoms with Crippen LogP contribution in [0.3, 0.4) is 0 Å². The molecule has 20 heavy (non-hydrogen) atoms. The molecule has 0 bridgehead atoms. The Hall–Kier alpha value is -2.15. The van der Waals surface area contributed by atoms with Crippen LogP contribution in [0, 0.1) is 5.41 Å². The molecule has 108 valence electrons. The van der Waals surface area contributed by atoms with Crippen LogP contribution in [-0.4, -0.2) is 48.3 Å². The van der Waals surface area contributed by atoms with Gasteiger partial charge in [0.15, 0.2) is 0 Å². The number of aromatic nitrogens is 1.